The van der Waals surface area contributed by atoms with Gasteiger partial charge in [0.1, 0.15) is 5.82 Å². The van der Waals surface area contributed by atoms with Crippen molar-refractivity contribution in [2.24, 2.45) is 0 Å². The number of rotatable bonds is 3. The van der Waals surface area contributed by atoms with E-state index in [1.54, 1.807) is 31.3 Å². The largest absolute Gasteiger partial charge is 0.493 e. The average molecular weight is 299 g/mol. The monoisotopic (exact) mass is 299 g/mol. The van der Waals surface area contributed by atoms with Crippen molar-refractivity contribution in [2.45, 2.75) is 0 Å². The van der Waals surface area contributed by atoms with Crippen LogP contribution >= 0.6 is 0 Å². The molecule has 0 N–H and O–H groups in total. The SMILES string of the molecule is COc1cccc2cc(C(=O)N(C)c3cccc(F)c3)oc12. The molecule has 3 aromatic rings. The van der Waals surface area contributed by atoms with Crippen molar-refractivity contribution in [1.82, 2.24) is 0 Å². The molecule has 2 aromatic carbocycles. The van der Waals surface area contributed by atoms with Crippen LogP contribution in [0, 0.1) is 5.82 Å². The second-order valence-electron chi connectivity index (χ2n) is 4.83. The number of hydrogen-bond donors (Lipinski definition) is 0. The fourth-order valence-corrected chi connectivity index (χ4v) is 2.27. The Labute approximate surface area is 126 Å². The first-order valence-electron chi connectivity index (χ1n) is 6.70. The van der Waals surface area contributed by atoms with Crippen LogP contribution in [0.2, 0.25) is 0 Å². The second kappa shape index (κ2) is 5.52. The van der Waals surface area contributed by atoms with Gasteiger partial charge in [-0.05, 0) is 30.3 Å². The van der Waals surface area contributed by atoms with Gasteiger partial charge in [-0.3, -0.25) is 4.79 Å². The number of furan rings is 1. The van der Waals surface area contributed by atoms with Crippen molar-refractivity contribution in [3.05, 3.63) is 60.1 Å². The maximum atomic E-state index is 13.3. The van der Waals surface area contributed by atoms with E-state index < -0.39 is 5.82 Å². The fourth-order valence-electron chi connectivity index (χ4n) is 2.27. The highest BCUT2D eigenvalue weighted by Gasteiger charge is 2.19. The molecule has 4 nitrogen and oxygen atoms in total. The van der Waals surface area contributed by atoms with Gasteiger partial charge in [-0.1, -0.05) is 18.2 Å². The van der Waals surface area contributed by atoms with Gasteiger partial charge in [-0.2, -0.15) is 0 Å². The second-order valence-corrected chi connectivity index (χ2v) is 4.83. The lowest BCUT2D eigenvalue weighted by Crippen LogP contribution is -2.25. The van der Waals surface area contributed by atoms with Crippen LogP contribution in [0.3, 0.4) is 0 Å². The summed E-state index contributed by atoms with van der Waals surface area (Å²) in [6.45, 7) is 0. The first-order chi connectivity index (χ1) is 10.6. The zero-order valence-corrected chi connectivity index (χ0v) is 12.2. The van der Waals surface area contributed by atoms with Gasteiger partial charge in [0.25, 0.3) is 5.91 Å². The van der Waals surface area contributed by atoms with Gasteiger partial charge < -0.3 is 14.1 Å². The maximum absolute atomic E-state index is 13.3. The number of halogens is 1. The summed E-state index contributed by atoms with van der Waals surface area (Å²) in [5.41, 5.74) is 0.971. The highest BCUT2D eigenvalue weighted by Crippen LogP contribution is 2.29. The molecule has 0 bridgehead atoms. The van der Waals surface area contributed by atoms with E-state index in [2.05, 4.69) is 0 Å². The molecule has 5 heteroatoms. The minimum Gasteiger partial charge on any atom is -0.493 e. The number of methoxy groups -OCH3 is 1. The number of ether oxygens (including phenoxy) is 1. The smallest absolute Gasteiger partial charge is 0.293 e. The van der Waals surface area contributed by atoms with E-state index in [-0.39, 0.29) is 11.7 Å². The molecule has 0 aliphatic carbocycles. The number of carbonyl (C=O) groups excluding carboxylic acids is 1. The molecule has 0 radical (unpaired) electrons. The van der Waals surface area contributed by atoms with Gasteiger partial charge in [0.2, 0.25) is 0 Å². The van der Waals surface area contributed by atoms with Crippen molar-refractivity contribution >= 4 is 22.6 Å². The Hall–Kier alpha value is -2.82. The van der Waals surface area contributed by atoms with Crippen LogP contribution in [0.4, 0.5) is 10.1 Å². The summed E-state index contributed by atoms with van der Waals surface area (Å²) in [5.74, 6) is -0.0245. The molecule has 0 fully saturated rings. The van der Waals surface area contributed by atoms with Crippen LogP contribution in [0.5, 0.6) is 5.75 Å². The normalized spacial score (nSPS) is 10.7. The number of anilines is 1. The molecule has 22 heavy (non-hydrogen) atoms. The van der Waals surface area contributed by atoms with Crippen LogP contribution in [-0.2, 0) is 0 Å². The van der Waals surface area contributed by atoms with Crippen LogP contribution in [0.15, 0.2) is 52.9 Å². The Balaban J connectivity index is 1.98. The van der Waals surface area contributed by atoms with Gasteiger partial charge in [-0.25, -0.2) is 4.39 Å². The number of carbonyl (C=O) groups is 1. The summed E-state index contributed by atoms with van der Waals surface area (Å²) in [7, 11) is 3.11. The van der Waals surface area contributed by atoms with Crippen molar-refractivity contribution in [3.63, 3.8) is 0 Å². The summed E-state index contributed by atoms with van der Waals surface area (Å²) in [6.07, 6.45) is 0. The fraction of sp³-hybridized carbons (Fsp3) is 0.118. The predicted octanol–water partition coefficient (Wildman–Crippen LogP) is 3.86. The van der Waals surface area contributed by atoms with Gasteiger partial charge in [0.15, 0.2) is 17.1 Å². The van der Waals surface area contributed by atoms with E-state index >= 15 is 0 Å². The van der Waals surface area contributed by atoms with Gasteiger partial charge >= 0.3 is 0 Å². The molecule has 1 heterocycles. The minimum absolute atomic E-state index is 0.172. The Kier molecular flexibility index (Phi) is 3.55. The van der Waals surface area contributed by atoms with Crippen molar-refractivity contribution in [1.29, 1.82) is 0 Å². The molecule has 0 aliphatic heterocycles. The summed E-state index contributed by atoms with van der Waals surface area (Å²) < 4.78 is 24.1. The Morgan fingerprint density at radius 1 is 1.18 bits per heavy atom. The lowest BCUT2D eigenvalue weighted by Gasteiger charge is -2.15. The molecular weight excluding hydrogens is 285 g/mol. The zero-order chi connectivity index (χ0) is 15.7. The zero-order valence-electron chi connectivity index (χ0n) is 12.2. The minimum atomic E-state index is -0.400. The Bertz CT molecular complexity index is 841. The molecule has 0 saturated heterocycles. The Morgan fingerprint density at radius 2 is 1.95 bits per heavy atom. The van der Waals surface area contributed by atoms with E-state index in [9.17, 15) is 9.18 Å². The topological polar surface area (TPSA) is 42.7 Å². The molecule has 1 amide bonds. The maximum Gasteiger partial charge on any atom is 0.293 e. The van der Waals surface area contributed by atoms with Gasteiger partial charge in [0.05, 0.1) is 7.11 Å². The average Bonchev–Trinajstić information content (AvgIpc) is 2.97. The van der Waals surface area contributed by atoms with Crippen molar-refractivity contribution in [3.8, 4) is 5.75 Å². The number of para-hydroxylation sites is 1. The molecule has 1 aromatic heterocycles. The Morgan fingerprint density at radius 3 is 2.68 bits per heavy atom. The molecule has 0 aliphatic rings. The van der Waals surface area contributed by atoms with E-state index in [1.807, 2.05) is 12.1 Å². The molecular formula is C17H14FNO3. The third-order valence-corrected chi connectivity index (χ3v) is 3.44. The van der Waals surface area contributed by atoms with Crippen LogP contribution in [-0.4, -0.2) is 20.1 Å². The molecule has 0 spiro atoms. The van der Waals surface area contributed by atoms with Gasteiger partial charge in [0, 0.05) is 18.1 Å². The van der Waals surface area contributed by atoms with E-state index in [0.717, 1.165) is 5.39 Å². The number of nitrogens with zero attached hydrogens (tertiary/aromatic N) is 1. The number of hydrogen-bond acceptors (Lipinski definition) is 3. The third-order valence-electron chi connectivity index (χ3n) is 3.44. The highest BCUT2D eigenvalue weighted by molar-refractivity contribution is 6.06. The summed E-state index contributed by atoms with van der Waals surface area (Å²) in [5, 5.41) is 0.773. The standard InChI is InChI=1S/C17H14FNO3/c1-19(13-7-4-6-12(18)10-13)17(20)15-9-11-5-3-8-14(21-2)16(11)22-15/h3-10H,1-2H3. The third kappa shape index (κ3) is 2.41. The van der Waals surface area contributed by atoms with E-state index in [4.69, 9.17) is 9.15 Å². The molecule has 3 rings (SSSR count). The number of benzene rings is 2. The molecule has 0 saturated carbocycles. The van der Waals surface area contributed by atoms with E-state index in [0.29, 0.717) is 17.0 Å². The summed E-state index contributed by atoms with van der Waals surface area (Å²) in [4.78, 5) is 13.8. The summed E-state index contributed by atoms with van der Waals surface area (Å²) in [6, 6.07) is 12.9. The molecule has 0 atom stereocenters. The van der Waals surface area contributed by atoms with Crippen LogP contribution in [0.1, 0.15) is 10.6 Å². The van der Waals surface area contributed by atoms with Crippen molar-refractivity contribution in [2.75, 3.05) is 19.1 Å². The number of fused-ring (bicyclic) bond motifs is 1. The predicted molar refractivity (Wildman–Crippen MR) is 81.9 cm³/mol. The number of amides is 1. The lowest BCUT2D eigenvalue weighted by molar-refractivity contribution is 0.0968. The molecule has 0 unspecified atom stereocenters. The van der Waals surface area contributed by atoms with Crippen molar-refractivity contribution < 1.29 is 18.3 Å². The lowest BCUT2D eigenvalue weighted by atomic mass is 10.2. The van der Waals surface area contributed by atoms with Crippen LogP contribution in [0.25, 0.3) is 11.0 Å². The van der Waals surface area contributed by atoms with Gasteiger partial charge in [-0.15, -0.1) is 0 Å². The highest BCUT2D eigenvalue weighted by atomic mass is 19.1. The summed E-state index contributed by atoms with van der Waals surface area (Å²) >= 11 is 0. The van der Waals surface area contributed by atoms with E-state index in [1.165, 1.54) is 24.1 Å². The van der Waals surface area contributed by atoms with Crippen LogP contribution < -0.4 is 9.64 Å². The quantitative estimate of drug-likeness (QED) is 0.737. The first kappa shape index (κ1) is 14.1. The first-order valence-corrected chi connectivity index (χ1v) is 6.70. The molecule has 112 valence electrons.